The third-order valence-corrected chi connectivity index (χ3v) is 7.92. The fraction of sp³-hybridized carbons (Fsp3) is 0.378. The summed E-state index contributed by atoms with van der Waals surface area (Å²) in [5.41, 5.74) is 8.44. The largest absolute Gasteiger partial charge is 1.00 e. The molecule has 9 heteroatoms. The molecule has 0 radical (unpaired) electrons. The van der Waals surface area contributed by atoms with E-state index in [0.717, 1.165) is 40.2 Å². The molecule has 0 aliphatic rings. The van der Waals surface area contributed by atoms with Gasteiger partial charge >= 0.3 is 29.6 Å². The number of carbonyl (C=O) groups is 1. The van der Waals surface area contributed by atoms with Crippen molar-refractivity contribution in [2.24, 2.45) is 0 Å². The van der Waals surface area contributed by atoms with E-state index in [1.54, 1.807) is 12.1 Å². The minimum atomic E-state index is -1.35. The number of benzene rings is 3. The van der Waals surface area contributed by atoms with E-state index in [1.165, 1.54) is 23.3 Å². The van der Waals surface area contributed by atoms with Crippen LogP contribution < -0.4 is 40.0 Å². The van der Waals surface area contributed by atoms with Crippen LogP contribution in [0.15, 0.2) is 78.9 Å². The van der Waals surface area contributed by atoms with Gasteiger partial charge in [0.15, 0.2) is 0 Å². The molecule has 0 amide bonds. The molecule has 0 bridgehead atoms. The fourth-order valence-corrected chi connectivity index (χ4v) is 6.04. The van der Waals surface area contributed by atoms with Crippen LogP contribution in [0, 0.1) is 5.82 Å². The van der Waals surface area contributed by atoms with E-state index in [0.29, 0.717) is 25.9 Å². The smallest absolute Gasteiger partial charge is 0.550 e. The number of rotatable bonds is 16. The summed E-state index contributed by atoms with van der Waals surface area (Å²) in [7, 11) is 4.11. The zero-order chi connectivity index (χ0) is 32.5. The molecule has 0 fully saturated rings. The molecular weight excluding hydrogens is 592 g/mol. The van der Waals surface area contributed by atoms with Gasteiger partial charge in [0.2, 0.25) is 0 Å². The van der Waals surface area contributed by atoms with E-state index >= 15 is 0 Å². The van der Waals surface area contributed by atoms with E-state index in [-0.39, 0.29) is 47.8 Å². The number of halogens is 1. The molecule has 7 nitrogen and oxygen atoms in total. The molecule has 3 aromatic carbocycles. The van der Waals surface area contributed by atoms with Gasteiger partial charge in [0.1, 0.15) is 5.82 Å². The van der Waals surface area contributed by atoms with Crippen molar-refractivity contribution in [1.29, 1.82) is 0 Å². The quantitative estimate of drug-likeness (QED) is 0.163. The molecule has 2 unspecified atom stereocenters. The minimum absolute atomic E-state index is 0. The molecule has 0 aliphatic heterocycles. The average Bonchev–Trinajstić information content (AvgIpc) is 3.31. The van der Waals surface area contributed by atoms with E-state index in [4.69, 9.17) is 0 Å². The van der Waals surface area contributed by atoms with Gasteiger partial charge < -0.3 is 34.9 Å². The zero-order valence-corrected chi connectivity index (χ0v) is 29.7. The fourth-order valence-electron chi connectivity index (χ4n) is 6.04. The maximum Gasteiger partial charge on any atom is 1.00 e. The summed E-state index contributed by atoms with van der Waals surface area (Å²) < 4.78 is 16.4. The van der Waals surface area contributed by atoms with E-state index in [9.17, 15) is 24.5 Å². The van der Waals surface area contributed by atoms with Gasteiger partial charge in [0.05, 0.1) is 12.2 Å². The normalized spacial score (nSPS) is 12.7. The number of aliphatic hydroxyl groups is 2. The molecule has 240 valence electrons. The number of hydrogen-bond donors (Lipinski definition) is 3. The van der Waals surface area contributed by atoms with Crippen LogP contribution in [0.5, 0.6) is 0 Å². The molecule has 4 aromatic rings. The number of carbonyl (C=O) groups excluding carboxylic acids is 1. The number of aromatic nitrogens is 1. The maximum absolute atomic E-state index is 14.1. The zero-order valence-electron chi connectivity index (χ0n) is 27.7. The predicted molar refractivity (Wildman–Crippen MR) is 175 cm³/mol. The maximum atomic E-state index is 14.1. The second kappa shape index (κ2) is 17.9. The number of nitrogens with one attached hydrogen (secondary N) is 1. The Bertz CT molecular complexity index is 1520. The Hall–Kier alpha value is -2.82. The summed E-state index contributed by atoms with van der Waals surface area (Å²) in [6, 6.07) is 25.3. The van der Waals surface area contributed by atoms with Crippen LogP contribution in [-0.4, -0.2) is 52.0 Å². The van der Waals surface area contributed by atoms with Gasteiger partial charge in [-0.2, -0.15) is 0 Å². The molecule has 2 atom stereocenters. The Morgan fingerprint density at radius 1 is 0.848 bits per heavy atom. The second-order valence-corrected chi connectivity index (χ2v) is 12.3. The molecule has 3 N–H and O–H groups in total. The monoisotopic (exact) mass is 637 g/mol. The molecule has 0 saturated carbocycles. The second-order valence-electron chi connectivity index (χ2n) is 12.3. The van der Waals surface area contributed by atoms with Crippen LogP contribution in [0.1, 0.15) is 61.7 Å². The molecular formula is C37H45FN3NaO4. The Labute approximate surface area is 294 Å². The average molecular weight is 638 g/mol. The van der Waals surface area contributed by atoms with Gasteiger partial charge in [-0.3, -0.25) is 0 Å². The van der Waals surface area contributed by atoms with Gasteiger partial charge in [-0.1, -0.05) is 66.7 Å². The Morgan fingerprint density at radius 3 is 2.02 bits per heavy atom. The van der Waals surface area contributed by atoms with Gasteiger partial charge in [0, 0.05) is 60.6 Å². The standard InChI is InChI=1S/C37H46FN3O4.Na/c1-25(2)41-33(19-18-31(42)20-32(43)21-35(44)45)36(29-14-16-30(38)17-15-29)37(28-8-6-5-7-9-28)34(41)23-39-22-26-10-12-27(13-11-26)24-40(3)4;/h5-17,25,31-32,39,42-43H,18-24H2,1-4H3,(H,44,45);/q;+1/p-1. The van der Waals surface area contributed by atoms with Gasteiger partial charge in [0.25, 0.3) is 0 Å². The van der Waals surface area contributed by atoms with Crippen molar-refractivity contribution in [3.63, 3.8) is 0 Å². The SMILES string of the molecule is CC(C)n1c(CCC(O)CC(O)CC(=O)[O-])c(-c2ccc(F)cc2)c(-c2ccccc2)c1CNCc1ccc(CN(C)C)cc1.[Na+]. The third-order valence-electron chi connectivity index (χ3n) is 7.92. The summed E-state index contributed by atoms with van der Waals surface area (Å²) in [6.45, 7) is 6.38. The van der Waals surface area contributed by atoms with Crippen molar-refractivity contribution in [3.8, 4) is 22.3 Å². The van der Waals surface area contributed by atoms with E-state index in [1.807, 2.05) is 18.2 Å². The molecule has 0 aliphatic carbocycles. The number of hydrogen-bond acceptors (Lipinski definition) is 6. The summed E-state index contributed by atoms with van der Waals surface area (Å²) in [4.78, 5) is 13.1. The van der Waals surface area contributed by atoms with Crippen molar-refractivity contribution in [2.45, 2.75) is 77.4 Å². The Kier molecular flexibility index (Phi) is 14.7. The Morgan fingerprint density at radius 2 is 1.43 bits per heavy atom. The van der Waals surface area contributed by atoms with Crippen LogP contribution in [0.2, 0.25) is 0 Å². The topological polar surface area (TPSA) is 101 Å². The predicted octanol–water partition coefficient (Wildman–Crippen LogP) is 2.08. The molecule has 0 saturated heterocycles. The van der Waals surface area contributed by atoms with Crippen molar-refractivity contribution in [2.75, 3.05) is 14.1 Å². The van der Waals surface area contributed by atoms with Crippen molar-refractivity contribution in [3.05, 3.63) is 107 Å². The first-order valence-corrected chi connectivity index (χ1v) is 15.6. The Balaban J connectivity index is 0.00000576. The van der Waals surface area contributed by atoms with Crippen molar-refractivity contribution < 1.29 is 54.1 Å². The first-order chi connectivity index (χ1) is 21.5. The number of nitrogens with zero attached hydrogens (tertiary/aromatic N) is 2. The van der Waals surface area contributed by atoms with Gasteiger partial charge in [-0.05, 0) is 81.6 Å². The number of aliphatic hydroxyl groups excluding tert-OH is 2. The molecule has 1 aromatic heterocycles. The molecule has 4 rings (SSSR count). The van der Waals surface area contributed by atoms with Crippen LogP contribution in [-0.2, 0) is 30.8 Å². The number of carboxylic acids is 1. The third kappa shape index (κ3) is 10.3. The minimum Gasteiger partial charge on any atom is -0.550 e. The van der Waals surface area contributed by atoms with Crippen molar-refractivity contribution in [1.82, 2.24) is 14.8 Å². The van der Waals surface area contributed by atoms with Crippen LogP contribution in [0.25, 0.3) is 22.3 Å². The number of aliphatic carboxylic acids is 1. The van der Waals surface area contributed by atoms with Crippen molar-refractivity contribution >= 4 is 5.97 Å². The summed E-state index contributed by atoms with van der Waals surface area (Å²) in [5.74, 6) is -1.67. The van der Waals surface area contributed by atoms with Crippen LogP contribution in [0.4, 0.5) is 4.39 Å². The van der Waals surface area contributed by atoms with Gasteiger partial charge in [-0.15, -0.1) is 0 Å². The summed E-state index contributed by atoms with van der Waals surface area (Å²) >= 11 is 0. The first kappa shape index (κ1) is 37.6. The van der Waals surface area contributed by atoms with E-state index < -0.39 is 24.6 Å². The van der Waals surface area contributed by atoms with Crippen LogP contribution in [0.3, 0.4) is 0 Å². The molecule has 1 heterocycles. The molecule has 46 heavy (non-hydrogen) atoms. The first-order valence-electron chi connectivity index (χ1n) is 15.6. The van der Waals surface area contributed by atoms with Gasteiger partial charge in [-0.25, -0.2) is 4.39 Å². The molecule has 0 spiro atoms. The van der Waals surface area contributed by atoms with Crippen LogP contribution >= 0.6 is 0 Å². The summed E-state index contributed by atoms with van der Waals surface area (Å²) in [5, 5.41) is 35.5. The van der Waals surface area contributed by atoms with E-state index in [2.05, 4.69) is 79.1 Å². The summed E-state index contributed by atoms with van der Waals surface area (Å²) in [6.07, 6.45) is -1.89. The number of carboxylic acid groups (broad SMARTS) is 1.